The van der Waals surface area contributed by atoms with Crippen LogP contribution in [-0.4, -0.2) is 0 Å². The third-order valence-electron chi connectivity index (χ3n) is 9.01. The molecule has 0 saturated heterocycles. The molecule has 1 heteroatoms. The van der Waals surface area contributed by atoms with Crippen molar-refractivity contribution in [3.05, 3.63) is 180 Å². The summed E-state index contributed by atoms with van der Waals surface area (Å²) in [6.45, 7) is -7.94. The van der Waals surface area contributed by atoms with Gasteiger partial charge in [-0.25, -0.2) is 0 Å². The van der Waals surface area contributed by atoms with E-state index >= 15 is 0 Å². The lowest BCUT2D eigenvalue weighted by Gasteiger charge is -2.24. The first kappa shape index (κ1) is 11.3. The van der Waals surface area contributed by atoms with Crippen LogP contribution in [0.25, 0.3) is 98.8 Å². The molecule has 1 heterocycles. The van der Waals surface area contributed by atoms with Gasteiger partial charge in [0.2, 0.25) is 0 Å². The average molecular weight is 697 g/mol. The van der Waals surface area contributed by atoms with Crippen LogP contribution in [0.4, 0.5) is 0 Å². The van der Waals surface area contributed by atoms with Gasteiger partial charge in [-0.1, -0.05) is 165 Å². The Morgan fingerprint density at radius 3 is 1.73 bits per heavy atom. The Morgan fingerprint density at radius 2 is 1.00 bits per heavy atom. The van der Waals surface area contributed by atoms with E-state index in [1.807, 2.05) is 0 Å². The van der Waals surface area contributed by atoms with Crippen molar-refractivity contribution in [3.8, 4) is 44.5 Å². The van der Waals surface area contributed by atoms with E-state index in [-0.39, 0.29) is 0 Å². The van der Waals surface area contributed by atoms with Crippen molar-refractivity contribution in [3.63, 3.8) is 0 Å². The maximum Gasteiger partial charge on any atom is 0.136 e. The van der Waals surface area contributed by atoms with Crippen molar-refractivity contribution in [2.45, 2.75) is 19.1 Å². The van der Waals surface area contributed by atoms with Gasteiger partial charge in [0, 0.05) is 24.4 Å². The summed E-state index contributed by atoms with van der Waals surface area (Å²) >= 11 is 0. The normalized spacial score (nSPS) is 23.1. The topological polar surface area (TPSA) is 13.1 Å². The summed E-state index contributed by atoms with van der Waals surface area (Å²) in [6.07, 6.45) is 0. The van der Waals surface area contributed by atoms with Crippen molar-refractivity contribution >= 4 is 54.3 Å². The summed E-state index contributed by atoms with van der Waals surface area (Å²) in [5.41, 5.74) is -15.1. The van der Waals surface area contributed by atoms with Crippen LogP contribution in [0.1, 0.15) is 71.4 Å². The Labute approximate surface area is 350 Å². The molecule has 244 valence electrons. The molecule has 0 atom stereocenters. The third-order valence-corrected chi connectivity index (χ3v) is 9.01. The van der Waals surface area contributed by atoms with Crippen LogP contribution in [0.2, 0.25) is 0 Å². The maximum absolute atomic E-state index is 9.95. The minimum absolute atomic E-state index is 0.460. The molecule has 0 aliphatic heterocycles. The lowest BCUT2D eigenvalue weighted by atomic mass is 9.78. The highest BCUT2D eigenvalue weighted by Gasteiger charge is 2.37. The van der Waals surface area contributed by atoms with Gasteiger partial charge < -0.3 is 4.42 Å². The highest BCUT2D eigenvalue weighted by atomic mass is 16.3. The number of hydrogen-bond donors (Lipinski definition) is 0. The van der Waals surface area contributed by atoms with Crippen LogP contribution < -0.4 is 0 Å². The van der Waals surface area contributed by atoms with Crippen molar-refractivity contribution in [2.75, 3.05) is 0 Å². The molecule has 52 heavy (non-hydrogen) atoms. The molecular weight excluding hydrogens is 629 g/mol. The van der Waals surface area contributed by atoms with Crippen molar-refractivity contribution in [2.24, 2.45) is 0 Å². The molecular formula is C51H34O. The fourth-order valence-corrected chi connectivity index (χ4v) is 6.83. The van der Waals surface area contributed by atoms with Crippen LogP contribution >= 0.6 is 0 Å². The van der Waals surface area contributed by atoms with Crippen LogP contribution in [0, 0.1) is 0 Å². The predicted molar refractivity (Wildman–Crippen MR) is 220 cm³/mol. The molecule has 1 aliphatic carbocycles. The summed E-state index contributed by atoms with van der Waals surface area (Å²) < 4.78 is 316. The van der Waals surface area contributed by atoms with Crippen LogP contribution in [0.15, 0.2) is 174 Å². The van der Waals surface area contributed by atoms with Crippen LogP contribution in [0.5, 0.6) is 0 Å². The fraction of sp³-hybridized carbons (Fsp3) is 0.0588. The molecule has 1 nitrogen and oxygen atoms in total. The standard InChI is InChI=1S/C51H34O/c1-51(2)44-21-10-9-14-37(44)42-20-11-19-36(50(42)51)32-22-24-33(25-23-32)47-38-15-5-7-17-40(38)48(41-18-8-6-16-39(41)47)34-27-28-45-43(30-34)49-35-13-4-3-12-31(35)26-29-46(49)52-45/h3-30H,1-2H3/i1D3,2D3,3D,4D,5D,6D,7D,8D,9D,10D,11D,12D,13D,14D,15D,16D,17D,18D,19D,20D,21D,22D,23D,24D,25D,26D,27D,28D,29D,30D. The van der Waals surface area contributed by atoms with Gasteiger partial charge in [-0.05, 0) is 106 Å². The van der Waals surface area contributed by atoms with Gasteiger partial charge in [0.1, 0.15) is 11.2 Å². The molecule has 1 aliphatic rings. The van der Waals surface area contributed by atoms with Crippen LogP contribution in [0.3, 0.4) is 0 Å². The summed E-state index contributed by atoms with van der Waals surface area (Å²) in [5, 5.41) is -5.53. The molecule has 0 fully saturated rings. The molecule has 10 aromatic rings. The maximum atomic E-state index is 9.95. The van der Waals surface area contributed by atoms with Crippen LogP contribution in [-0.2, 0) is 5.41 Å². The second-order valence-electron chi connectivity index (χ2n) is 11.8. The molecule has 11 rings (SSSR count). The fourth-order valence-electron chi connectivity index (χ4n) is 6.83. The zero-order valence-electron chi connectivity index (χ0n) is 59.9. The van der Waals surface area contributed by atoms with Gasteiger partial charge in [0.05, 0.1) is 38.4 Å². The number of hydrogen-bond acceptors (Lipinski definition) is 1. The Hall–Kier alpha value is -6.44. The summed E-state index contributed by atoms with van der Waals surface area (Å²) in [5.74, 6) is 0. The number of fused-ring (bicyclic) bond motifs is 10. The number of rotatable bonds is 3. The van der Waals surface area contributed by atoms with Gasteiger partial charge in [-0.3, -0.25) is 0 Å². The molecule has 0 amide bonds. The molecule has 0 unspecified atom stereocenters. The number of furan rings is 1. The first-order valence-electron chi connectivity index (χ1n) is 32.4. The minimum atomic E-state index is -3.97. The molecule has 0 spiro atoms. The van der Waals surface area contributed by atoms with Gasteiger partial charge in [0.15, 0.2) is 0 Å². The summed E-state index contributed by atoms with van der Waals surface area (Å²) in [7, 11) is 0. The van der Waals surface area contributed by atoms with E-state index in [1.165, 1.54) is 0 Å². The van der Waals surface area contributed by atoms with Crippen molar-refractivity contribution < 1.29 is 51.0 Å². The van der Waals surface area contributed by atoms with E-state index in [0.717, 1.165) is 0 Å². The Morgan fingerprint density at radius 1 is 0.442 bits per heavy atom. The zero-order valence-corrected chi connectivity index (χ0v) is 25.9. The van der Waals surface area contributed by atoms with E-state index in [9.17, 15) is 16.4 Å². The van der Waals surface area contributed by atoms with E-state index in [0.29, 0.717) is 0 Å². The highest BCUT2D eigenvalue weighted by molar-refractivity contribution is 6.23. The predicted octanol–water partition coefficient (Wildman–Crippen LogP) is 14.4. The average Bonchev–Trinajstić information content (AvgIpc) is 1.43. The molecule has 0 saturated carbocycles. The second-order valence-corrected chi connectivity index (χ2v) is 11.8. The van der Waals surface area contributed by atoms with Crippen molar-refractivity contribution in [1.82, 2.24) is 0 Å². The quantitative estimate of drug-likeness (QED) is 0.168. The lowest BCUT2D eigenvalue weighted by molar-refractivity contribution is 0.662. The molecule has 0 N–H and O–H groups in total. The van der Waals surface area contributed by atoms with Gasteiger partial charge >= 0.3 is 0 Å². The molecule has 9 aromatic carbocycles. The Balaban J connectivity index is 1.37. The summed E-state index contributed by atoms with van der Waals surface area (Å²) in [4.78, 5) is 0. The summed E-state index contributed by atoms with van der Waals surface area (Å²) in [6, 6.07) is -30.0. The molecule has 1 aromatic heterocycles. The minimum Gasteiger partial charge on any atom is -0.456 e. The van der Waals surface area contributed by atoms with Gasteiger partial charge in [-0.15, -0.1) is 0 Å². The smallest absolute Gasteiger partial charge is 0.136 e. The van der Waals surface area contributed by atoms with Gasteiger partial charge in [-0.2, -0.15) is 0 Å². The SMILES string of the molecule is [2H]c1c([2H])c([2H])c2c(c1[2H])-c1c([2H])c([2H])c([2H])c(-c3c([2H])c([2H])c(-c4c5c([2H])c([2H])c([2H])c([2H])c5c(-c5c([2H])c([2H])c6oc7c([2H])c([2H])c8c([2H])c([2H])c([2H])c([2H])c8c7c6c5[2H])c5c([2H])c([2H])c([2H])c([2H])c45)c([2H])c3[2H])c1C2(C([2H])([2H])[2H])C([2H])([2H])[2H]. The van der Waals surface area contributed by atoms with E-state index in [1.54, 1.807) is 0 Å². The molecule has 0 bridgehead atoms. The van der Waals surface area contributed by atoms with Gasteiger partial charge in [0.25, 0.3) is 0 Å². The highest BCUT2D eigenvalue weighted by Crippen LogP contribution is 2.52. The first-order chi connectivity index (χ1) is 39.7. The van der Waals surface area contributed by atoms with E-state index in [2.05, 4.69) is 0 Å². The molecule has 0 radical (unpaired) electrons. The number of benzene rings is 9. The lowest BCUT2D eigenvalue weighted by Crippen LogP contribution is -2.16. The zero-order chi connectivity index (χ0) is 63.9. The van der Waals surface area contributed by atoms with E-state index < -0.39 is 298 Å². The van der Waals surface area contributed by atoms with E-state index in [4.69, 9.17) is 34.6 Å². The van der Waals surface area contributed by atoms with Crippen molar-refractivity contribution in [1.29, 1.82) is 0 Å². The second kappa shape index (κ2) is 10.8. The monoisotopic (exact) mass is 696 g/mol. The largest absolute Gasteiger partial charge is 0.456 e. The Bertz CT molecular complexity index is 4810. The Kier molecular flexibility index (Phi) is 2.34. The first-order valence-corrected chi connectivity index (χ1v) is 15.4. The third kappa shape index (κ3) is 4.05.